The van der Waals surface area contributed by atoms with E-state index in [-0.39, 0.29) is 6.04 Å². The standard InChI is InChI=1S/C17H26N6O2/c1-13-20-16-6-5-14(12-23(16)22-13)21-17(19-9-11-24-2)18-8-7-15-4-3-10-25-15/h3-4,10,14H,5-9,11-12H2,1-2H3,(H2,18,19,21). The molecule has 136 valence electrons. The minimum absolute atomic E-state index is 0.283. The molecule has 2 N–H and O–H groups in total. The van der Waals surface area contributed by atoms with Crippen molar-refractivity contribution < 1.29 is 9.15 Å². The van der Waals surface area contributed by atoms with E-state index in [0.717, 1.165) is 55.7 Å². The lowest BCUT2D eigenvalue weighted by Crippen LogP contribution is -2.47. The number of hydrogen-bond acceptors (Lipinski definition) is 5. The van der Waals surface area contributed by atoms with Gasteiger partial charge in [0.15, 0.2) is 5.96 Å². The van der Waals surface area contributed by atoms with Crippen LogP contribution in [0.15, 0.2) is 27.8 Å². The maximum Gasteiger partial charge on any atom is 0.191 e. The topological polar surface area (TPSA) is 89.5 Å². The van der Waals surface area contributed by atoms with Crippen molar-refractivity contribution in [2.24, 2.45) is 4.99 Å². The van der Waals surface area contributed by atoms with Gasteiger partial charge in [-0.25, -0.2) is 9.67 Å². The van der Waals surface area contributed by atoms with E-state index in [1.54, 1.807) is 13.4 Å². The molecule has 0 amide bonds. The van der Waals surface area contributed by atoms with Crippen LogP contribution in [0.4, 0.5) is 0 Å². The Bertz CT molecular complexity index is 679. The third-order valence-corrected chi connectivity index (χ3v) is 4.11. The van der Waals surface area contributed by atoms with Crippen LogP contribution in [0.3, 0.4) is 0 Å². The van der Waals surface area contributed by atoms with Crippen molar-refractivity contribution in [1.29, 1.82) is 0 Å². The third kappa shape index (κ3) is 5.06. The quantitative estimate of drug-likeness (QED) is 0.440. The molecule has 1 aliphatic heterocycles. The fourth-order valence-corrected chi connectivity index (χ4v) is 2.91. The van der Waals surface area contributed by atoms with Crippen LogP contribution in [0.1, 0.15) is 23.8 Å². The summed E-state index contributed by atoms with van der Waals surface area (Å²) >= 11 is 0. The van der Waals surface area contributed by atoms with E-state index in [4.69, 9.17) is 9.15 Å². The summed E-state index contributed by atoms with van der Waals surface area (Å²) in [6.45, 7) is 4.71. The molecule has 8 nitrogen and oxygen atoms in total. The molecule has 1 unspecified atom stereocenters. The lowest BCUT2D eigenvalue weighted by Gasteiger charge is -2.25. The maximum absolute atomic E-state index is 5.37. The Balaban J connectivity index is 1.54. The second kappa shape index (κ2) is 8.66. The van der Waals surface area contributed by atoms with Crippen molar-refractivity contribution in [3.63, 3.8) is 0 Å². The minimum atomic E-state index is 0.283. The van der Waals surface area contributed by atoms with Crippen molar-refractivity contribution in [1.82, 2.24) is 25.4 Å². The Morgan fingerprint density at radius 1 is 1.52 bits per heavy atom. The van der Waals surface area contributed by atoms with Crippen molar-refractivity contribution in [3.8, 4) is 0 Å². The number of aliphatic imine (C=N–C) groups is 1. The van der Waals surface area contributed by atoms with Crippen molar-refractivity contribution >= 4 is 5.96 Å². The molecule has 1 aliphatic rings. The first-order chi connectivity index (χ1) is 12.2. The smallest absolute Gasteiger partial charge is 0.191 e. The molecule has 0 fully saturated rings. The van der Waals surface area contributed by atoms with E-state index in [1.165, 1.54) is 0 Å². The SMILES string of the molecule is COCCN=C(NCCc1ccco1)NC1CCc2nc(C)nn2C1. The number of hydrogen-bond donors (Lipinski definition) is 2. The van der Waals surface area contributed by atoms with Crippen LogP contribution in [0.2, 0.25) is 0 Å². The molecule has 3 heterocycles. The Morgan fingerprint density at radius 2 is 2.44 bits per heavy atom. The summed E-state index contributed by atoms with van der Waals surface area (Å²) in [6, 6.07) is 4.17. The van der Waals surface area contributed by atoms with E-state index in [1.807, 2.05) is 23.7 Å². The largest absolute Gasteiger partial charge is 0.469 e. The summed E-state index contributed by atoms with van der Waals surface area (Å²) in [5.41, 5.74) is 0. The normalized spacial score (nSPS) is 17.4. The predicted molar refractivity (Wildman–Crippen MR) is 94.6 cm³/mol. The monoisotopic (exact) mass is 346 g/mol. The number of aromatic nitrogens is 3. The number of guanidine groups is 1. The maximum atomic E-state index is 5.37. The van der Waals surface area contributed by atoms with Gasteiger partial charge in [0.25, 0.3) is 0 Å². The number of nitrogens with zero attached hydrogens (tertiary/aromatic N) is 4. The van der Waals surface area contributed by atoms with Crippen LogP contribution in [0, 0.1) is 6.92 Å². The van der Waals surface area contributed by atoms with Crippen LogP contribution in [0.25, 0.3) is 0 Å². The van der Waals surface area contributed by atoms with Gasteiger partial charge in [-0.05, 0) is 25.5 Å². The van der Waals surface area contributed by atoms with Gasteiger partial charge in [0, 0.05) is 32.5 Å². The number of nitrogens with one attached hydrogen (secondary N) is 2. The van der Waals surface area contributed by atoms with E-state index in [2.05, 4.69) is 25.7 Å². The number of methoxy groups -OCH3 is 1. The molecule has 0 radical (unpaired) electrons. The first kappa shape index (κ1) is 17.5. The number of rotatable bonds is 7. The highest BCUT2D eigenvalue weighted by Crippen LogP contribution is 2.12. The van der Waals surface area contributed by atoms with Gasteiger partial charge < -0.3 is 19.8 Å². The zero-order valence-corrected chi connectivity index (χ0v) is 14.9. The zero-order valence-electron chi connectivity index (χ0n) is 14.9. The van der Waals surface area contributed by atoms with Gasteiger partial charge in [-0.2, -0.15) is 5.10 Å². The summed E-state index contributed by atoms with van der Waals surface area (Å²) in [5.74, 6) is 3.67. The minimum Gasteiger partial charge on any atom is -0.469 e. The number of fused-ring (bicyclic) bond motifs is 1. The Kier molecular flexibility index (Phi) is 6.05. The lowest BCUT2D eigenvalue weighted by atomic mass is 10.1. The summed E-state index contributed by atoms with van der Waals surface area (Å²) in [4.78, 5) is 9.04. The highest BCUT2D eigenvalue weighted by atomic mass is 16.5. The van der Waals surface area contributed by atoms with Crippen LogP contribution in [-0.2, 0) is 24.1 Å². The number of furan rings is 1. The van der Waals surface area contributed by atoms with E-state index >= 15 is 0 Å². The molecule has 8 heteroatoms. The Morgan fingerprint density at radius 3 is 3.24 bits per heavy atom. The van der Waals surface area contributed by atoms with Gasteiger partial charge in [0.2, 0.25) is 0 Å². The molecule has 0 aromatic carbocycles. The molecule has 2 aromatic heterocycles. The molecule has 0 aliphatic carbocycles. The highest BCUT2D eigenvalue weighted by molar-refractivity contribution is 5.80. The first-order valence-electron chi connectivity index (χ1n) is 8.71. The fourth-order valence-electron chi connectivity index (χ4n) is 2.91. The van der Waals surface area contributed by atoms with Crippen LogP contribution in [0.5, 0.6) is 0 Å². The predicted octanol–water partition coefficient (Wildman–Crippen LogP) is 0.919. The molecule has 1 atom stereocenters. The number of aryl methyl sites for hydroxylation is 2. The van der Waals surface area contributed by atoms with Gasteiger partial charge in [0.05, 0.1) is 26.0 Å². The average molecular weight is 346 g/mol. The summed E-state index contributed by atoms with van der Waals surface area (Å²) in [5, 5.41) is 11.3. The number of ether oxygens (including phenoxy) is 1. The zero-order chi connectivity index (χ0) is 17.5. The molecule has 3 rings (SSSR count). The third-order valence-electron chi connectivity index (χ3n) is 4.11. The Labute approximate surface area is 147 Å². The lowest BCUT2D eigenvalue weighted by molar-refractivity contribution is 0.207. The van der Waals surface area contributed by atoms with Gasteiger partial charge in [-0.15, -0.1) is 0 Å². The van der Waals surface area contributed by atoms with Gasteiger partial charge in [0.1, 0.15) is 17.4 Å². The van der Waals surface area contributed by atoms with Gasteiger partial charge >= 0.3 is 0 Å². The average Bonchev–Trinajstić information content (AvgIpc) is 3.23. The van der Waals surface area contributed by atoms with Crippen LogP contribution in [-0.4, -0.2) is 53.6 Å². The van der Waals surface area contributed by atoms with Crippen molar-refractivity contribution in [2.75, 3.05) is 26.8 Å². The van der Waals surface area contributed by atoms with Gasteiger partial charge in [-0.1, -0.05) is 0 Å². The first-order valence-corrected chi connectivity index (χ1v) is 8.71. The molecular weight excluding hydrogens is 320 g/mol. The molecule has 0 saturated heterocycles. The summed E-state index contributed by atoms with van der Waals surface area (Å²) in [7, 11) is 1.68. The van der Waals surface area contributed by atoms with E-state index in [9.17, 15) is 0 Å². The molecule has 0 bridgehead atoms. The second-order valence-electron chi connectivity index (χ2n) is 6.12. The summed E-state index contributed by atoms with van der Waals surface area (Å²) < 4.78 is 12.5. The highest BCUT2D eigenvalue weighted by Gasteiger charge is 2.21. The van der Waals surface area contributed by atoms with Crippen LogP contribution >= 0.6 is 0 Å². The van der Waals surface area contributed by atoms with E-state index < -0.39 is 0 Å². The fraction of sp³-hybridized carbons (Fsp3) is 0.588. The molecule has 2 aromatic rings. The van der Waals surface area contributed by atoms with Crippen molar-refractivity contribution in [2.45, 2.75) is 38.8 Å². The molecule has 25 heavy (non-hydrogen) atoms. The van der Waals surface area contributed by atoms with Crippen molar-refractivity contribution in [3.05, 3.63) is 35.8 Å². The molecule has 0 saturated carbocycles. The molecule has 0 spiro atoms. The Hall–Kier alpha value is -2.35. The van der Waals surface area contributed by atoms with Gasteiger partial charge in [-0.3, -0.25) is 4.99 Å². The summed E-state index contributed by atoms with van der Waals surface area (Å²) in [6.07, 6.45) is 4.45. The molecular formula is C17H26N6O2. The second-order valence-corrected chi connectivity index (χ2v) is 6.12. The van der Waals surface area contributed by atoms with E-state index in [0.29, 0.717) is 13.2 Å². The van der Waals surface area contributed by atoms with Crippen LogP contribution < -0.4 is 10.6 Å².